The van der Waals surface area contributed by atoms with Crippen molar-refractivity contribution in [1.29, 1.82) is 0 Å². The summed E-state index contributed by atoms with van der Waals surface area (Å²) in [5.41, 5.74) is 15.8. The van der Waals surface area contributed by atoms with Crippen molar-refractivity contribution in [3.05, 3.63) is 66.2 Å². The average molecular weight is 418 g/mol. The first-order valence-corrected chi connectivity index (χ1v) is 10.5. The third kappa shape index (κ3) is 5.22. The second-order valence-electron chi connectivity index (χ2n) is 7.81. The summed E-state index contributed by atoms with van der Waals surface area (Å²) in [4.78, 5) is 25.4. The van der Waals surface area contributed by atoms with Gasteiger partial charge in [-0.05, 0) is 48.7 Å². The second-order valence-corrected chi connectivity index (χ2v) is 7.81. The molecule has 0 unspecified atom stereocenters. The third-order valence-corrected chi connectivity index (χ3v) is 5.55. The maximum atomic E-state index is 12.6. The molecule has 0 radical (unpaired) electrons. The van der Waals surface area contributed by atoms with Crippen LogP contribution < -0.4 is 22.1 Å². The van der Waals surface area contributed by atoms with Gasteiger partial charge in [-0.2, -0.15) is 0 Å². The fourth-order valence-corrected chi connectivity index (χ4v) is 3.77. The van der Waals surface area contributed by atoms with E-state index < -0.39 is 0 Å². The van der Waals surface area contributed by atoms with Crippen LogP contribution in [0.3, 0.4) is 0 Å². The van der Waals surface area contributed by atoms with E-state index in [4.69, 9.17) is 11.5 Å². The lowest BCUT2D eigenvalue weighted by Gasteiger charge is -2.29. The summed E-state index contributed by atoms with van der Waals surface area (Å²) in [6, 6.07) is 11.2. The van der Waals surface area contributed by atoms with Crippen molar-refractivity contribution < 1.29 is 4.79 Å². The summed E-state index contributed by atoms with van der Waals surface area (Å²) in [6.07, 6.45) is 9.12. The molecule has 8 nitrogen and oxygen atoms in total. The number of hydrogen-bond donors (Lipinski definition) is 4. The Labute approximate surface area is 181 Å². The topological polar surface area (TPSA) is 132 Å². The third-order valence-electron chi connectivity index (χ3n) is 5.55. The lowest BCUT2D eigenvalue weighted by atomic mass is 9.91. The Morgan fingerprint density at radius 3 is 2.65 bits per heavy atom. The van der Waals surface area contributed by atoms with Gasteiger partial charge in [-0.1, -0.05) is 12.8 Å². The maximum Gasteiger partial charge on any atom is 0.251 e. The minimum atomic E-state index is -0.0921. The lowest BCUT2D eigenvalue weighted by Crippen LogP contribution is -2.49. The van der Waals surface area contributed by atoms with Crippen molar-refractivity contribution >= 4 is 17.4 Å². The number of amides is 1. The highest BCUT2D eigenvalue weighted by Crippen LogP contribution is 2.22. The number of aromatic nitrogens is 3. The van der Waals surface area contributed by atoms with Crippen LogP contribution in [-0.4, -0.2) is 32.9 Å². The minimum Gasteiger partial charge on any atom is -0.348 e. The van der Waals surface area contributed by atoms with Gasteiger partial charge in [-0.25, -0.2) is 9.97 Å². The van der Waals surface area contributed by atoms with E-state index in [2.05, 4.69) is 25.6 Å². The van der Waals surface area contributed by atoms with E-state index in [1.165, 1.54) is 6.33 Å². The first kappa shape index (κ1) is 20.9. The quantitative estimate of drug-likeness (QED) is 0.485. The second kappa shape index (κ2) is 9.63. The zero-order chi connectivity index (χ0) is 21.6. The van der Waals surface area contributed by atoms with Crippen molar-refractivity contribution in [2.24, 2.45) is 11.5 Å². The van der Waals surface area contributed by atoms with Gasteiger partial charge in [0.05, 0.1) is 5.69 Å². The smallest absolute Gasteiger partial charge is 0.251 e. The molecule has 160 valence electrons. The largest absolute Gasteiger partial charge is 0.348 e. The van der Waals surface area contributed by atoms with Gasteiger partial charge >= 0.3 is 0 Å². The van der Waals surface area contributed by atoms with Crippen molar-refractivity contribution in [2.75, 3.05) is 5.32 Å². The first-order chi connectivity index (χ1) is 15.1. The number of carbonyl (C=O) groups excluding carboxylic acids is 1. The van der Waals surface area contributed by atoms with Gasteiger partial charge < -0.3 is 22.1 Å². The SMILES string of the molecule is NCc1cncc(-c2cc(Nc3ccc(C(=O)N[C@@H]4CCCC[C@H]4N)cc3)ncn2)c1. The molecule has 2 heterocycles. The molecule has 1 fully saturated rings. The molecule has 1 saturated carbocycles. The van der Waals surface area contributed by atoms with Crippen LogP contribution in [0, 0.1) is 0 Å². The van der Waals surface area contributed by atoms with Gasteiger partial charge in [0.15, 0.2) is 0 Å². The predicted octanol–water partition coefficient (Wildman–Crippen LogP) is 2.74. The number of pyridine rings is 1. The average Bonchev–Trinajstić information content (AvgIpc) is 2.81. The van der Waals surface area contributed by atoms with Crippen LogP contribution >= 0.6 is 0 Å². The van der Waals surface area contributed by atoms with Crippen molar-refractivity contribution in [1.82, 2.24) is 20.3 Å². The Morgan fingerprint density at radius 1 is 1.06 bits per heavy atom. The number of anilines is 2. The molecule has 1 aromatic carbocycles. The van der Waals surface area contributed by atoms with Gasteiger partial charge in [-0.15, -0.1) is 0 Å². The monoisotopic (exact) mass is 417 g/mol. The molecule has 1 aliphatic rings. The van der Waals surface area contributed by atoms with Crippen molar-refractivity contribution in [3.8, 4) is 11.3 Å². The molecular formula is C23H27N7O. The fraction of sp³-hybridized carbons (Fsp3) is 0.304. The van der Waals surface area contributed by atoms with E-state index in [1.54, 1.807) is 24.5 Å². The number of nitrogens with two attached hydrogens (primary N) is 2. The maximum absolute atomic E-state index is 12.6. The highest BCUT2D eigenvalue weighted by molar-refractivity contribution is 5.94. The molecular weight excluding hydrogens is 390 g/mol. The van der Waals surface area contributed by atoms with E-state index in [0.717, 1.165) is 48.2 Å². The van der Waals surface area contributed by atoms with E-state index in [9.17, 15) is 4.79 Å². The number of hydrogen-bond acceptors (Lipinski definition) is 7. The fourth-order valence-electron chi connectivity index (χ4n) is 3.77. The Morgan fingerprint density at radius 2 is 1.87 bits per heavy atom. The molecule has 6 N–H and O–H groups in total. The summed E-state index contributed by atoms with van der Waals surface area (Å²) in [6.45, 7) is 0.420. The molecule has 2 atom stereocenters. The Hall–Kier alpha value is -3.36. The predicted molar refractivity (Wildman–Crippen MR) is 121 cm³/mol. The zero-order valence-electron chi connectivity index (χ0n) is 17.3. The van der Waals surface area contributed by atoms with Crippen molar-refractivity contribution in [2.45, 2.75) is 44.3 Å². The van der Waals surface area contributed by atoms with E-state index in [-0.39, 0.29) is 18.0 Å². The molecule has 0 spiro atoms. The van der Waals surface area contributed by atoms with Gasteiger partial charge in [0.2, 0.25) is 0 Å². The lowest BCUT2D eigenvalue weighted by molar-refractivity contribution is 0.0921. The van der Waals surface area contributed by atoms with E-state index in [1.807, 2.05) is 24.3 Å². The molecule has 2 aromatic heterocycles. The summed E-state index contributed by atoms with van der Waals surface area (Å²) in [5, 5.41) is 6.32. The molecule has 0 bridgehead atoms. The molecule has 0 saturated heterocycles. The molecule has 8 heteroatoms. The van der Waals surface area contributed by atoms with Crippen LogP contribution in [-0.2, 0) is 6.54 Å². The van der Waals surface area contributed by atoms with Crippen LogP contribution in [0.15, 0.2) is 55.1 Å². The van der Waals surface area contributed by atoms with Gasteiger partial charge in [-0.3, -0.25) is 9.78 Å². The highest BCUT2D eigenvalue weighted by atomic mass is 16.1. The summed E-state index contributed by atoms with van der Waals surface area (Å²) in [5.74, 6) is 0.555. The standard InChI is InChI=1S/C23H27N7O/c24-11-15-9-17(13-26-12-15)21-10-22(28-14-27-21)29-18-7-5-16(6-8-18)23(31)30-20-4-2-1-3-19(20)25/h5-10,12-14,19-20H,1-4,11,24-25H2,(H,30,31)(H,27,28,29)/t19-,20-/m1/s1. The Balaban J connectivity index is 1.42. The summed E-state index contributed by atoms with van der Waals surface area (Å²) < 4.78 is 0. The number of nitrogens with one attached hydrogen (secondary N) is 2. The number of nitrogens with zero attached hydrogens (tertiary/aromatic N) is 3. The highest BCUT2D eigenvalue weighted by Gasteiger charge is 2.23. The molecule has 3 aromatic rings. The van der Waals surface area contributed by atoms with Gasteiger partial charge in [0.25, 0.3) is 5.91 Å². The number of benzene rings is 1. The van der Waals surface area contributed by atoms with Crippen LogP contribution in [0.5, 0.6) is 0 Å². The van der Waals surface area contributed by atoms with Crippen LogP contribution in [0.2, 0.25) is 0 Å². The molecule has 1 aliphatic carbocycles. The van der Waals surface area contributed by atoms with E-state index in [0.29, 0.717) is 17.9 Å². The van der Waals surface area contributed by atoms with Gasteiger partial charge in [0, 0.05) is 53.9 Å². The van der Waals surface area contributed by atoms with E-state index >= 15 is 0 Å². The van der Waals surface area contributed by atoms with Crippen LogP contribution in [0.1, 0.15) is 41.6 Å². The normalized spacial score (nSPS) is 18.4. The summed E-state index contributed by atoms with van der Waals surface area (Å²) >= 11 is 0. The summed E-state index contributed by atoms with van der Waals surface area (Å²) in [7, 11) is 0. The zero-order valence-corrected chi connectivity index (χ0v) is 17.3. The first-order valence-electron chi connectivity index (χ1n) is 10.5. The van der Waals surface area contributed by atoms with Crippen LogP contribution in [0.25, 0.3) is 11.3 Å². The van der Waals surface area contributed by atoms with Crippen molar-refractivity contribution in [3.63, 3.8) is 0 Å². The number of rotatable bonds is 6. The van der Waals surface area contributed by atoms with Gasteiger partial charge in [0.1, 0.15) is 12.1 Å². The molecule has 1 amide bonds. The molecule has 31 heavy (non-hydrogen) atoms. The number of carbonyl (C=O) groups is 1. The minimum absolute atomic E-state index is 0.0337. The Bertz CT molecular complexity index is 1040. The molecule has 4 rings (SSSR count). The molecule has 0 aliphatic heterocycles. The Kier molecular flexibility index (Phi) is 6.49. The van der Waals surface area contributed by atoms with Crippen LogP contribution in [0.4, 0.5) is 11.5 Å².